The highest BCUT2D eigenvalue weighted by Crippen LogP contribution is 2.33. The van der Waals surface area contributed by atoms with Gasteiger partial charge in [0.15, 0.2) is 16.3 Å². The zero-order valence-electron chi connectivity index (χ0n) is 25.8. The summed E-state index contributed by atoms with van der Waals surface area (Å²) in [6.45, 7) is 4.86. The Labute approximate surface area is 274 Å². The summed E-state index contributed by atoms with van der Waals surface area (Å²) in [5.74, 6) is 2.54. The van der Waals surface area contributed by atoms with Gasteiger partial charge in [0.1, 0.15) is 18.1 Å². The Kier molecular flexibility index (Phi) is 8.33. The number of allylic oxidation sites excluding steroid dienone is 1. The van der Waals surface area contributed by atoms with Crippen LogP contribution in [0.5, 0.6) is 23.0 Å². The predicted octanol–water partition coefficient (Wildman–Crippen LogP) is 5.58. The van der Waals surface area contributed by atoms with Crippen LogP contribution < -0.4 is 39.2 Å². The minimum absolute atomic E-state index is 0.228. The van der Waals surface area contributed by atoms with Crippen LogP contribution >= 0.6 is 11.3 Å². The molecule has 7 rings (SSSR count). The lowest BCUT2D eigenvalue weighted by Crippen LogP contribution is -2.40. The van der Waals surface area contributed by atoms with Crippen LogP contribution in [-0.4, -0.2) is 23.9 Å². The van der Waals surface area contributed by atoms with E-state index >= 15 is 0 Å². The minimum atomic E-state index is -0.681. The monoisotopic (exact) mass is 645 g/mol. The van der Waals surface area contributed by atoms with E-state index in [1.807, 2.05) is 110 Å². The molecule has 10 heteroatoms. The highest BCUT2D eigenvalue weighted by Gasteiger charge is 2.32. The number of fused-ring (bicyclic) bond motifs is 2. The fourth-order valence-electron chi connectivity index (χ4n) is 5.57. The van der Waals surface area contributed by atoms with Crippen LogP contribution in [0, 0.1) is 0 Å². The number of thiazole rings is 1. The Bertz CT molecular complexity index is 2150. The van der Waals surface area contributed by atoms with Crippen LogP contribution in [0.4, 0.5) is 5.69 Å². The van der Waals surface area contributed by atoms with E-state index in [1.165, 1.54) is 11.3 Å². The molecule has 0 saturated carbocycles. The lowest BCUT2D eigenvalue weighted by molar-refractivity contribution is -0.113. The molecular weight excluding hydrogens is 614 g/mol. The molecule has 0 radical (unpaired) electrons. The van der Waals surface area contributed by atoms with Gasteiger partial charge in [0, 0.05) is 5.69 Å². The number of carbonyl (C=O) groups excluding carboxylic acids is 1. The number of amides is 1. The van der Waals surface area contributed by atoms with Crippen molar-refractivity contribution in [1.82, 2.24) is 4.57 Å². The van der Waals surface area contributed by atoms with Crippen LogP contribution in [0.2, 0.25) is 0 Å². The van der Waals surface area contributed by atoms with Crippen molar-refractivity contribution in [2.24, 2.45) is 4.99 Å². The molecule has 0 saturated heterocycles. The Morgan fingerprint density at radius 1 is 0.957 bits per heavy atom. The summed E-state index contributed by atoms with van der Waals surface area (Å²) < 4.78 is 24.6. The fourth-order valence-corrected chi connectivity index (χ4v) is 6.62. The molecule has 47 heavy (non-hydrogen) atoms. The average Bonchev–Trinajstić information content (AvgIpc) is 3.68. The van der Waals surface area contributed by atoms with Gasteiger partial charge in [-0.2, -0.15) is 0 Å². The van der Waals surface area contributed by atoms with Crippen molar-refractivity contribution in [2.45, 2.75) is 26.5 Å². The number of anilines is 1. The van der Waals surface area contributed by atoms with Crippen molar-refractivity contribution in [2.75, 3.05) is 18.7 Å². The molecule has 1 aromatic heterocycles. The average molecular weight is 646 g/mol. The number of hydrogen-bond donors (Lipinski definition) is 1. The highest BCUT2D eigenvalue weighted by atomic mass is 32.1. The number of para-hydroxylation sites is 1. The third-order valence-electron chi connectivity index (χ3n) is 7.83. The van der Waals surface area contributed by atoms with E-state index in [0.29, 0.717) is 56.8 Å². The Morgan fingerprint density at radius 3 is 2.45 bits per heavy atom. The zero-order chi connectivity index (χ0) is 32.3. The molecule has 0 aliphatic carbocycles. The first kappa shape index (κ1) is 30.1. The largest absolute Gasteiger partial charge is 0.494 e. The maximum absolute atomic E-state index is 14.1. The van der Waals surface area contributed by atoms with Gasteiger partial charge in [-0.1, -0.05) is 59.9 Å². The number of rotatable bonds is 9. The van der Waals surface area contributed by atoms with Gasteiger partial charge in [-0.3, -0.25) is 14.2 Å². The minimum Gasteiger partial charge on any atom is -0.494 e. The Morgan fingerprint density at radius 2 is 1.68 bits per heavy atom. The summed E-state index contributed by atoms with van der Waals surface area (Å²) in [7, 11) is 0. The third-order valence-corrected chi connectivity index (χ3v) is 8.81. The summed E-state index contributed by atoms with van der Waals surface area (Å²) in [5.41, 5.74) is 3.96. The molecule has 4 aromatic carbocycles. The topological polar surface area (TPSA) is 100 Å². The number of benzene rings is 4. The van der Waals surface area contributed by atoms with E-state index in [4.69, 9.17) is 23.9 Å². The number of nitrogens with one attached hydrogen (secondary N) is 1. The SMILES string of the molecule is CCOc1ccc([C@@H]2C(C(=O)Nc3ccccc3)=C(C)N=c3s/c(=C\c4ccc(OCc5ccc6c(c5)OCO6)cc4)c(=O)n32)cc1. The first-order valence-electron chi connectivity index (χ1n) is 15.2. The molecule has 0 bridgehead atoms. The van der Waals surface area contributed by atoms with Gasteiger partial charge in [0.25, 0.3) is 11.5 Å². The van der Waals surface area contributed by atoms with E-state index in [2.05, 4.69) is 5.32 Å². The normalized spacial score (nSPS) is 15.2. The number of ether oxygens (including phenoxy) is 4. The lowest BCUT2D eigenvalue weighted by atomic mass is 9.95. The molecule has 2 aliphatic heterocycles. The second-order valence-electron chi connectivity index (χ2n) is 10.9. The summed E-state index contributed by atoms with van der Waals surface area (Å²) in [4.78, 5) is 33.1. The maximum atomic E-state index is 14.1. The molecule has 1 atom stereocenters. The van der Waals surface area contributed by atoms with Gasteiger partial charge >= 0.3 is 0 Å². The van der Waals surface area contributed by atoms with Gasteiger partial charge in [0.05, 0.1) is 28.5 Å². The molecule has 0 unspecified atom stereocenters. The summed E-state index contributed by atoms with van der Waals surface area (Å²) >= 11 is 1.29. The number of aromatic nitrogens is 1. The van der Waals surface area contributed by atoms with Crippen LogP contribution in [-0.2, 0) is 11.4 Å². The summed E-state index contributed by atoms with van der Waals surface area (Å²) in [6.07, 6.45) is 1.84. The Hall–Kier alpha value is -5.61. The summed E-state index contributed by atoms with van der Waals surface area (Å²) in [5, 5.41) is 2.98. The molecule has 9 nitrogen and oxygen atoms in total. The number of hydrogen-bond acceptors (Lipinski definition) is 8. The molecule has 1 N–H and O–H groups in total. The molecule has 0 fully saturated rings. The van der Waals surface area contributed by atoms with Crippen molar-refractivity contribution in [3.8, 4) is 23.0 Å². The lowest BCUT2D eigenvalue weighted by Gasteiger charge is -2.25. The van der Waals surface area contributed by atoms with Crippen molar-refractivity contribution < 1.29 is 23.7 Å². The quantitative estimate of drug-likeness (QED) is 0.225. The molecule has 236 valence electrons. The van der Waals surface area contributed by atoms with Gasteiger partial charge in [0.2, 0.25) is 6.79 Å². The van der Waals surface area contributed by atoms with Crippen LogP contribution in [0.1, 0.15) is 36.6 Å². The first-order valence-corrected chi connectivity index (χ1v) is 16.0. The Balaban J connectivity index is 1.19. The van der Waals surface area contributed by atoms with Gasteiger partial charge in [-0.15, -0.1) is 0 Å². The van der Waals surface area contributed by atoms with Crippen molar-refractivity contribution in [3.63, 3.8) is 0 Å². The number of carbonyl (C=O) groups is 1. The van der Waals surface area contributed by atoms with Crippen molar-refractivity contribution >= 4 is 29.0 Å². The van der Waals surface area contributed by atoms with E-state index < -0.39 is 6.04 Å². The van der Waals surface area contributed by atoms with Gasteiger partial charge < -0.3 is 24.3 Å². The van der Waals surface area contributed by atoms with E-state index in [1.54, 1.807) is 11.5 Å². The molecular formula is C37H31N3O6S. The molecule has 1 amide bonds. The van der Waals surface area contributed by atoms with Crippen LogP contribution in [0.15, 0.2) is 118 Å². The van der Waals surface area contributed by atoms with Crippen molar-refractivity contribution in [1.29, 1.82) is 0 Å². The van der Waals surface area contributed by atoms with E-state index in [-0.39, 0.29) is 18.3 Å². The van der Waals surface area contributed by atoms with Gasteiger partial charge in [-0.05, 0) is 85.1 Å². The summed E-state index contributed by atoms with van der Waals surface area (Å²) in [6, 6.07) is 29.3. The van der Waals surface area contributed by atoms with Crippen LogP contribution in [0.3, 0.4) is 0 Å². The first-order chi connectivity index (χ1) is 23.0. The molecule has 2 aliphatic rings. The smallest absolute Gasteiger partial charge is 0.271 e. The van der Waals surface area contributed by atoms with E-state index in [0.717, 1.165) is 22.4 Å². The molecule has 3 heterocycles. The second-order valence-corrected chi connectivity index (χ2v) is 12.0. The van der Waals surface area contributed by atoms with E-state index in [9.17, 15) is 9.59 Å². The van der Waals surface area contributed by atoms with Crippen molar-refractivity contribution in [3.05, 3.63) is 145 Å². The second kappa shape index (κ2) is 13.0. The standard InChI is InChI=1S/C37H31N3O6S/c1-3-43-28-16-12-26(13-17-28)34-33(35(41)39-27-7-5-4-6-8-27)23(2)38-37-40(34)36(42)32(47-37)20-24-9-14-29(15-10-24)44-21-25-11-18-30-31(19-25)46-22-45-30/h4-20,34H,3,21-22H2,1-2H3,(H,39,41)/b32-20-/t34-/m1/s1. The fraction of sp³-hybridized carbons (Fsp3) is 0.162. The molecule has 5 aromatic rings. The maximum Gasteiger partial charge on any atom is 0.271 e. The number of nitrogens with zero attached hydrogens (tertiary/aromatic N) is 2. The zero-order valence-corrected chi connectivity index (χ0v) is 26.6. The van der Waals surface area contributed by atoms with Crippen LogP contribution in [0.25, 0.3) is 6.08 Å². The predicted molar refractivity (Wildman–Crippen MR) is 180 cm³/mol. The highest BCUT2D eigenvalue weighted by molar-refractivity contribution is 7.07. The third kappa shape index (κ3) is 6.28. The molecule has 0 spiro atoms. The van der Waals surface area contributed by atoms with Gasteiger partial charge in [-0.25, -0.2) is 4.99 Å².